The van der Waals surface area contributed by atoms with Crippen LogP contribution in [0, 0.1) is 5.92 Å². The summed E-state index contributed by atoms with van der Waals surface area (Å²) in [6, 6.07) is 5.34. The Morgan fingerprint density at radius 3 is 2.74 bits per heavy atom. The van der Waals surface area contributed by atoms with Crippen molar-refractivity contribution in [3.8, 4) is 11.5 Å². The quantitative estimate of drug-likeness (QED) is 0.721. The van der Waals surface area contributed by atoms with Crippen LogP contribution < -0.4 is 14.8 Å². The molecule has 1 N–H and O–H groups in total. The van der Waals surface area contributed by atoms with Crippen LogP contribution in [0.2, 0.25) is 0 Å². The molecule has 0 saturated carbocycles. The van der Waals surface area contributed by atoms with E-state index in [4.69, 9.17) is 9.47 Å². The van der Waals surface area contributed by atoms with E-state index in [-0.39, 0.29) is 42.9 Å². The van der Waals surface area contributed by atoms with Crippen molar-refractivity contribution in [3.05, 3.63) is 28.7 Å². The zero-order valence-electron chi connectivity index (χ0n) is 15.3. The topological polar surface area (TPSA) is 84.9 Å². The van der Waals surface area contributed by atoms with E-state index < -0.39 is 0 Å². The highest BCUT2D eigenvalue weighted by molar-refractivity contribution is 8.18. The number of ether oxygens (including phenoxy) is 2. The maximum Gasteiger partial charge on any atom is 0.293 e. The minimum atomic E-state index is -0.348. The van der Waals surface area contributed by atoms with Crippen molar-refractivity contribution in [2.24, 2.45) is 5.92 Å². The van der Waals surface area contributed by atoms with Crippen LogP contribution in [-0.2, 0) is 9.59 Å². The summed E-state index contributed by atoms with van der Waals surface area (Å²) in [5.41, 5.74) is 0.756. The first-order chi connectivity index (χ1) is 13.0. The number of benzene rings is 1. The van der Waals surface area contributed by atoms with Gasteiger partial charge in [0.05, 0.1) is 4.91 Å². The van der Waals surface area contributed by atoms with E-state index in [1.165, 1.54) is 0 Å². The normalized spacial score (nSPS) is 17.3. The third-order valence-corrected chi connectivity index (χ3v) is 5.47. The number of carbonyl (C=O) groups excluding carboxylic acids is 3. The molecule has 0 aromatic heterocycles. The number of nitrogens with one attached hydrogen (secondary N) is 1. The summed E-state index contributed by atoms with van der Waals surface area (Å²) in [4.78, 5) is 38.2. The average molecular weight is 390 g/mol. The van der Waals surface area contributed by atoms with Crippen LogP contribution in [0.4, 0.5) is 4.79 Å². The summed E-state index contributed by atoms with van der Waals surface area (Å²) >= 11 is 0.898. The number of nitrogens with zero attached hydrogens (tertiary/aromatic N) is 1. The van der Waals surface area contributed by atoms with Crippen molar-refractivity contribution in [2.75, 3.05) is 19.9 Å². The second-order valence-electron chi connectivity index (χ2n) is 6.25. The van der Waals surface area contributed by atoms with Crippen LogP contribution in [0.25, 0.3) is 6.08 Å². The summed E-state index contributed by atoms with van der Waals surface area (Å²) in [6.07, 6.45) is 3.19. The SMILES string of the molecule is CCC(CC)C(=O)NCCN1C(=O)S/C(=C\c2ccc3c(c2)OCO3)C1=O. The second kappa shape index (κ2) is 8.47. The standard InChI is InChI=1S/C19H22N2O5S/c1-3-13(4-2)17(22)20-7-8-21-18(23)16(27-19(21)24)10-12-5-6-14-15(9-12)26-11-25-14/h5-6,9-10,13H,3-4,7-8,11H2,1-2H3,(H,20,22)/b16-10-. The van der Waals surface area contributed by atoms with Gasteiger partial charge in [-0.05, 0) is 48.4 Å². The van der Waals surface area contributed by atoms with Crippen LogP contribution in [0.15, 0.2) is 23.1 Å². The molecule has 1 saturated heterocycles. The fourth-order valence-electron chi connectivity index (χ4n) is 2.94. The molecule has 0 spiro atoms. The van der Waals surface area contributed by atoms with Gasteiger partial charge in [-0.1, -0.05) is 19.9 Å². The lowest BCUT2D eigenvalue weighted by Crippen LogP contribution is -2.39. The van der Waals surface area contributed by atoms with Gasteiger partial charge in [0, 0.05) is 19.0 Å². The number of fused-ring (bicyclic) bond motifs is 1. The first-order valence-electron chi connectivity index (χ1n) is 8.96. The maximum absolute atomic E-state index is 12.5. The average Bonchev–Trinajstić information content (AvgIpc) is 3.22. The van der Waals surface area contributed by atoms with E-state index in [1.807, 2.05) is 13.8 Å². The van der Waals surface area contributed by atoms with Crippen LogP contribution in [0.5, 0.6) is 11.5 Å². The number of carbonyl (C=O) groups is 3. The lowest BCUT2D eigenvalue weighted by molar-refractivity contribution is -0.126. The second-order valence-corrected chi connectivity index (χ2v) is 7.24. The summed E-state index contributed by atoms with van der Waals surface area (Å²) in [6.45, 7) is 4.52. The Balaban J connectivity index is 1.60. The summed E-state index contributed by atoms with van der Waals surface area (Å²) < 4.78 is 10.6. The van der Waals surface area contributed by atoms with E-state index in [1.54, 1.807) is 24.3 Å². The zero-order chi connectivity index (χ0) is 19.4. The van der Waals surface area contributed by atoms with Crippen molar-refractivity contribution < 1.29 is 23.9 Å². The molecular formula is C19H22N2O5S. The molecule has 1 fully saturated rings. The Labute approximate surface area is 162 Å². The van der Waals surface area contributed by atoms with Gasteiger partial charge in [-0.2, -0.15) is 0 Å². The molecule has 1 aromatic carbocycles. The number of rotatable bonds is 7. The Kier molecular flexibility index (Phi) is 6.05. The van der Waals surface area contributed by atoms with Crippen molar-refractivity contribution >= 4 is 34.9 Å². The predicted octanol–water partition coefficient (Wildman–Crippen LogP) is 3.00. The number of amides is 3. The van der Waals surface area contributed by atoms with Crippen molar-refractivity contribution in [2.45, 2.75) is 26.7 Å². The van der Waals surface area contributed by atoms with Gasteiger partial charge in [0.2, 0.25) is 12.7 Å². The molecule has 0 bridgehead atoms. The summed E-state index contributed by atoms with van der Waals surface area (Å²) in [5.74, 6) is 0.855. The highest BCUT2D eigenvalue weighted by atomic mass is 32.2. The van der Waals surface area contributed by atoms with Crippen LogP contribution in [-0.4, -0.2) is 41.8 Å². The van der Waals surface area contributed by atoms with Crippen molar-refractivity contribution in [1.82, 2.24) is 10.2 Å². The highest BCUT2D eigenvalue weighted by Gasteiger charge is 2.34. The van der Waals surface area contributed by atoms with Crippen molar-refractivity contribution in [1.29, 1.82) is 0 Å². The molecule has 3 rings (SSSR count). The minimum absolute atomic E-state index is 0.0363. The first-order valence-corrected chi connectivity index (χ1v) is 9.77. The van der Waals surface area contributed by atoms with Gasteiger partial charge in [0.1, 0.15) is 0 Å². The lowest BCUT2D eigenvalue weighted by atomic mass is 10.0. The number of hydrogen-bond donors (Lipinski definition) is 1. The van der Waals surface area contributed by atoms with Gasteiger partial charge in [-0.25, -0.2) is 0 Å². The molecule has 0 radical (unpaired) electrons. The largest absolute Gasteiger partial charge is 0.454 e. The smallest absolute Gasteiger partial charge is 0.293 e. The molecule has 1 aromatic rings. The van der Waals surface area contributed by atoms with Gasteiger partial charge in [-0.15, -0.1) is 0 Å². The van der Waals surface area contributed by atoms with E-state index in [2.05, 4.69) is 5.32 Å². The number of hydrogen-bond acceptors (Lipinski definition) is 6. The predicted molar refractivity (Wildman–Crippen MR) is 102 cm³/mol. The summed E-state index contributed by atoms with van der Waals surface area (Å²) in [7, 11) is 0. The molecule has 3 amide bonds. The molecule has 8 heteroatoms. The van der Waals surface area contributed by atoms with Gasteiger partial charge in [-0.3, -0.25) is 19.3 Å². The molecule has 27 heavy (non-hydrogen) atoms. The van der Waals surface area contributed by atoms with E-state index in [9.17, 15) is 14.4 Å². The van der Waals surface area contributed by atoms with Crippen LogP contribution in [0.1, 0.15) is 32.3 Å². The third kappa shape index (κ3) is 4.27. The third-order valence-electron chi connectivity index (χ3n) is 4.56. The maximum atomic E-state index is 12.5. The molecule has 7 nitrogen and oxygen atoms in total. The van der Waals surface area contributed by atoms with Gasteiger partial charge in [0.15, 0.2) is 11.5 Å². The molecule has 0 unspecified atom stereocenters. The van der Waals surface area contributed by atoms with E-state index >= 15 is 0 Å². The Morgan fingerprint density at radius 1 is 1.26 bits per heavy atom. The van der Waals surface area contributed by atoms with Crippen molar-refractivity contribution in [3.63, 3.8) is 0 Å². The monoisotopic (exact) mass is 390 g/mol. The number of thioether (sulfide) groups is 1. The molecule has 0 aliphatic carbocycles. The van der Waals surface area contributed by atoms with Crippen LogP contribution in [0.3, 0.4) is 0 Å². The van der Waals surface area contributed by atoms with Gasteiger partial charge >= 0.3 is 0 Å². The number of imide groups is 1. The van der Waals surface area contributed by atoms with E-state index in [0.717, 1.165) is 35.1 Å². The molecule has 2 heterocycles. The Morgan fingerprint density at radius 2 is 2.00 bits per heavy atom. The Hall–Kier alpha value is -2.48. The first kappa shape index (κ1) is 19.3. The molecule has 2 aliphatic heterocycles. The zero-order valence-corrected chi connectivity index (χ0v) is 16.1. The lowest BCUT2D eigenvalue weighted by Gasteiger charge is -2.15. The van der Waals surface area contributed by atoms with Gasteiger partial charge < -0.3 is 14.8 Å². The molecule has 0 atom stereocenters. The highest BCUT2D eigenvalue weighted by Crippen LogP contribution is 2.36. The molecular weight excluding hydrogens is 368 g/mol. The van der Waals surface area contributed by atoms with Crippen LogP contribution >= 0.6 is 11.8 Å². The molecule has 2 aliphatic rings. The summed E-state index contributed by atoms with van der Waals surface area (Å²) in [5, 5.41) is 2.47. The Bertz CT molecular complexity index is 788. The van der Waals surface area contributed by atoms with Gasteiger partial charge in [0.25, 0.3) is 11.1 Å². The minimum Gasteiger partial charge on any atom is -0.454 e. The fourth-order valence-corrected chi connectivity index (χ4v) is 3.81. The molecule has 144 valence electrons. The van der Waals surface area contributed by atoms with E-state index in [0.29, 0.717) is 16.4 Å². The fraction of sp³-hybridized carbons (Fsp3) is 0.421.